The maximum atomic E-state index is 11.8. The summed E-state index contributed by atoms with van der Waals surface area (Å²) >= 11 is 0. The third-order valence-corrected chi connectivity index (χ3v) is 2.55. The maximum absolute atomic E-state index is 11.8. The Balaban J connectivity index is 1.99. The van der Waals surface area contributed by atoms with Crippen molar-refractivity contribution < 1.29 is 14.3 Å². The normalized spacial score (nSPS) is 10.1. The SMILES string of the molecule is Cc1ccc(OCC(=O)c2ccccc2)c[n+]1[O-]. The first-order valence-corrected chi connectivity index (χ1v) is 5.57. The summed E-state index contributed by atoms with van der Waals surface area (Å²) in [6, 6.07) is 12.2. The molecule has 0 aliphatic heterocycles. The van der Waals surface area contributed by atoms with E-state index in [-0.39, 0.29) is 12.4 Å². The van der Waals surface area contributed by atoms with E-state index in [0.717, 1.165) is 0 Å². The molecule has 18 heavy (non-hydrogen) atoms. The van der Waals surface area contributed by atoms with E-state index in [1.165, 1.54) is 6.20 Å². The van der Waals surface area contributed by atoms with Gasteiger partial charge in [0.1, 0.15) is 0 Å². The number of benzene rings is 1. The van der Waals surface area contributed by atoms with Crippen LogP contribution in [0.2, 0.25) is 0 Å². The van der Waals surface area contributed by atoms with Gasteiger partial charge in [-0.15, -0.1) is 0 Å². The Bertz CT molecular complexity index is 552. The lowest BCUT2D eigenvalue weighted by atomic mass is 10.1. The van der Waals surface area contributed by atoms with Crippen molar-refractivity contribution in [2.45, 2.75) is 6.92 Å². The summed E-state index contributed by atoms with van der Waals surface area (Å²) < 4.78 is 6.00. The van der Waals surface area contributed by atoms with E-state index in [4.69, 9.17) is 4.74 Å². The third kappa shape index (κ3) is 2.85. The highest BCUT2D eigenvalue weighted by atomic mass is 16.5. The third-order valence-electron chi connectivity index (χ3n) is 2.55. The first-order chi connectivity index (χ1) is 8.66. The molecule has 0 saturated heterocycles. The Morgan fingerprint density at radius 3 is 2.61 bits per heavy atom. The molecule has 0 N–H and O–H groups in total. The van der Waals surface area contributed by atoms with Gasteiger partial charge in [0.15, 0.2) is 23.8 Å². The lowest BCUT2D eigenvalue weighted by molar-refractivity contribution is -0.612. The first-order valence-electron chi connectivity index (χ1n) is 5.57. The van der Waals surface area contributed by atoms with Crippen LogP contribution in [0.1, 0.15) is 16.1 Å². The molecule has 4 nitrogen and oxygen atoms in total. The van der Waals surface area contributed by atoms with Gasteiger partial charge < -0.3 is 9.94 Å². The molecule has 0 radical (unpaired) electrons. The summed E-state index contributed by atoms with van der Waals surface area (Å²) in [5.41, 5.74) is 1.18. The molecule has 2 aromatic rings. The molecule has 1 aromatic heterocycles. The van der Waals surface area contributed by atoms with Gasteiger partial charge in [-0.05, 0) is 6.07 Å². The Hall–Kier alpha value is -2.36. The van der Waals surface area contributed by atoms with Crippen molar-refractivity contribution in [1.29, 1.82) is 0 Å². The number of hydrogen-bond donors (Lipinski definition) is 0. The number of carbonyl (C=O) groups excluding carboxylic acids is 1. The second-order valence-corrected chi connectivity index (χ2v) is 3.91. The van der Waals surface area contributed by atoms with Crippen LogP contribution in [0.4, 0.5) is 0 Å². The van der Waals surface area contributed by atoms with Crippen LogP contribution in [-0.4, -0.2) is 12.4 Å². The van der Waals surface area contributed by atoms with Crippen molar-refractivity contribution in [3.8, 4) is 5.75 Å². The predicted molar refractivity (Wildman–Crippen MR) is 66.4 cm³/mol. The molecular formula is C14H13NO3. The molecule has 1 aromatic carbocycles. The fraction of sp³-hybridized carbons (Fsp3) is 0.143. The average Bonchev–Trinajstić information content (AvgIpc) is 2.41. The number of nitrogens with zero attached hydrogens (tertiary/aromatic N) is 1. The maximum Gasteiger partial charge on any atom is 0.222 e. The Morgan fingerprint density at radius 1 is 1.22 bits per heavy atom. The van der Waals surface area contributed by atoms with Crippen LogP contribution in [-0.2, 0) is 0 Å². The molecule has 2 rings (SSSR count). The van der Waals surface area contributed by atoms with Crippen LogP contribution in [0.15, 0.2) is 48.7 Å². The molecule has 0 bridgehead atoms. The average molecular weight is 243 g/mol. The lowest BCUT2D eigenvalue weighted by Crippen LogP contribution is -2.29. The molecule has 0 atom stereocenters. The molecule has 0 amide bonds. The summed E-state index contributed by atoms with van der Waals surface area (Å²) in [5, 5.41) is 11.3. The van der Waals surface area contributed by atoms with E-state index >= 15 is 0 Å². The summed E-state index contributed by atoms with van der Waals surface area (Å²) in [6.45, 7) is 1.62. The summed E-state index contributed by atoms with van der Waals surface area (Å²) in [5.74, 6) is 0.272. The number of ketones is 1. The Labute approximate surface area is 105 Å². The van der Waals surface area contributed by atoms with Gasteiger partial charge in [-0.3, -0.25) is 4.79 Å². The Morgan fingerprint density at radius 2 is 1.94 bits per heavy atom. The van der Waals surface area contributed by atoms with Gasteiger partial charge in [-0.2, -0.15) is 4.73 Å². The van der Waals surface area contributed by atoms with Gasteiger partial charge in [-0.25, -0.2) is 0 Å². The number of pyridine rings is 1. The van der Waals surface area contributed by atoms with E-state index < -0.39 is 0 Å². The zero-order valence-corrected chi connectivity index (χ0v) is 10.00. The van der Waals surface area contributed by atoms with Crippen LogP contribution in [0, 0.1) is 12.1 Å². The zero-order valence-electron chi connectivity index (χ0n) is 10.00. The molecular weight excluding hydrogens is 230 g/mol. The topological polar surface area (TPSA) is 53.2 Å². The molecule has 0 fully saturated rings. The van der Waals surface area contributed by atoms with Gasteiger partial charge in [0, 0.05) is 18.6 Å². The van der Waals surface area contributed by atoms with E-state index in [0.29, 0.717) is 21.7 Å². The highest BCUT2D eigenvalue weighted by Gasteiger charge is 2.08. The molecule has 0 saturated carbocycles. The predicted octanol–water partition coefficient (Wildman–Crippen LogP) is 1.89. The fourth-order valence-electron chi connectivity index (χ4n) is 1.48. The Kier molecular flexibility index (Phi) is 3.57. The quantitative estimate of drug-likeness (QED) is 0.468. The largest absolute Gasteiger partial charge is 0.618 e. The number of rotatable bonds is 4. The van der Waals surface area contributed by atoms with Crippen LogP contribution in [0.25, 0.3) is 0 Å². The second-order valence-electron chi connectivity index (χ2n) is 3.91. The van der Waals surface area contributed by atoms with Crippen molar-refractivity contribution >= 4 is 5.78 Å². The van der Waals surface area contributed by atoms with Gasteiger partial charge >= 0.3 is 0 Å². The van der Waals surface area contributed by atoms with Crippen LogP contribution in [0.3, 0.4) is 0 Å². The van der Waals surface area contributed by atoms with Gasteiger partial charge in [0.2, 0.25) is 6.20 Å². The van der Waals surface area contributed by atoms with Crippen molar-refractivity contribution in [2.24, 2.45) is 0 Å². The van der Waals surface area contributed by atoms with Crippen molar-refractivity contribution in [3.63, 3.8) is 0 Å². The molecule has 0 aliphatic carbocycles. The summed E-state index contributed by atoms with van der Waals surface area (Å²) in [7, 11) is 0. The second kappa shape index (κ2) is 5.31. The van der Waals surface area contributed by atoms with Crippen LogP contribution in [0.5, 0.6) is 5.75 Å². The number of aromatic nitrogens is 1. The number of aryl methyl sites for hydroxylation is 1. The first kappa shape index (κ1) is 12.1. The molecule has 0 spiro atoms. The van der Waals surface area contributed by atoms with Crippen molar-refractivity contribution in [2.75, 3.05) is 6.61 Å². The van der Waals surface area contributed by atoms with E-state index in [2.05, 4.69) is 0 Å². The van der Waals surface area contributed by atoms with Gasteiger partial charge in [0.05, 0.1) is 0 Å². The van der Waals surface area contributed by atoms with Crippen molar-refractivity contribution in [1.82, 2.24) is 0 Å². The summed E-state index contributed by atoms with van der Waals surface area (Å²) in [6.07, 6.45) is 1.31. The molecule has 1 heterocycles. The molecule has 4 heteroatoms. The van der Waals surface area contributed by atoms with Crippen LogP contribution >= 0.6 is 0 Å². The van der Waals surface area contributed by atoms with Crippen LogP contribution < -0.4 is 9.47 Å². The monoisotopic (exact) mass is 243 g/mol. The zero-order chi connectivity index (χ0) is 13.0. The standard InChI is InChI=1S/C14H13NO3/c1-11-7-8-13(9-15(11)17)18-10-14(16)12-5-3-2-4-6-12/h2-9H,10H2,1H3. The van der Waals surface area contributed by atoms with Crippen molar-refractivity contribution in [3.05, 3.63) is 65.1 Å². The highest BCUT2D eigenvalue weighted by molar-refractivity contribution is 5.97. The molecule has 92 valence electrons. The molecule has 0 aliphatic rings. The smallest absolute Gasteiger partial charge is 0.222 e. The highest BCUT2D eigenvalue weighted by Crippen LogP contribution is 2.08. The van der Waals surface area contributed by atoms with E-state index in [1.807, 2.05) is 6.07 Å². The minimum absolute atomic E-state index is 0.0763. The fourth-order valence-corrected chi connectivity index (χ4v) is 1.48. The minimum atomic E-state index is -0.117. The van der Waals surface area contributed by atoms with Gasteiger partial charge in [-0.1, -0.05) is 30.3 Å². The molecule has 0 unspecified atom stereocenters. The number of Topliss-reactive ketones (excluding diaryl/α,β-unsaturated/α-hetero) is 1. The van der Waals surface area contributed by atoms with E-state index in [9.17, 15) is 10.0 Å². The van der Waals surface area contributed by atoms with E-state index in [1.54, 1.807) is 43.3 Å². The number of carbonyl (C=O) groups is 1. The number of hydrogen-bond acceptors (Lipinski definition) is 3. The number of ether oxygens (including phenoxy) is 1. The lowest BCUT2D eigenvalue weighted by Gasteiger charge is -2.06. The van der Waals surface area contributed by atoms with Gasteiger partial charge in [0.25, 0.3) is 0 Å². The summed E-state index contributed by atoms with van der Waals surface area (Å²) in [4.78, 5) is 11.8. The minimum Gasteiger partial charge on any atom is -0.618 e.